The minimum absolute atomic E-state index is 0.830. The molecule has 1 rings (SSSR count). The number of hydrogen-bond acceptors (Lipinski definition) is 0. The van der Waals surface area contributed by atoms with Crippen LogP contribution >= 0.6 is 11.6 Å². The molecular formula is C12H16Cl. The molecule has 1 aromatic carbocycles. The summed E-state index contributed by atoms with van der Waals surface area (Å²) in [7, 11) is 0. The molecule has 13 heavy (non-hydrogen) atoms. The van der Waals surface area contributed by atoms with E-state index < -0.39 is 0 Å². The van der Waals surface area contributed by atoms with Gasteiger partial charge in [0.15, 0.2) is 0 Å². The molecule has 0 unspecified atom stereocenters. The summed E-state index contributed by atoms with van der Waals surface area (Å²) in [5.41, 5.74) is 2.72. The maximum absolute atomic E-state index is 5.95. The molecule has 1 heteroatoms. The Bertz CT molecular complexity index is 276. The van der Waals surface area contributed by atoms with Crippen LogP contribution in [0.4, 0.5) is 0 Å². The first-order valence-corrected chi connectivity index (χ1v) is 5.12. The average molecular weight is 196 g/mol. The quantitative estimate of drug-likeness (QED) is 0.677. The lowest BCUT2D eigenvalue weighted by molar-refractivity contribution is 0.904. The van der Waals surface area contributed by atoms with E-state index >= 15 is 0 Å². The van der Waals surface area contributed by atoms with Gasteiger partial charge in [0.25, 0.3) is 0 Å². The van der Waals surface area contributed by atoms with Crippen LogP contribution in [0.2, 0.25) is 5.02 Å². The highest BCUT2D eigenvalue weighted by atomic mass is 35.5. The predicted molar refractivity (Wildman–Crippen MR) is 59.1 cm³/mol. The molecule has 0 aliphatic heterocycles. The molecule has 0 atom stereocenters. The molecule has 71 valence electrons. The Balaban J connectivity index is 3.03. The fraction of sp³-hybridized carbons (Fsp3) is 0.417. The fourth-order valence-corrected chi connectivity index (χ4v) is 1.67. The molecule has 0 bridgehead atoms. The minimum Gasteiger partial charge on any atom is -0.0843 e. The normalized spacial score (nSPS) is 10.8. The summed E-state index contributed by atoms with van der Waals surface area (Å²) >= 11 is 5.95. The van der Waals surface area contributed by atoms with Crippen molar-refractivity contribution in [1.82, 2.24) is 0 Å². The molecule has 0 saturated carbocycles. The summed E-state index contributed by atoms with van der Waals surface area (Å²) in [6.07, 6.45) is 2.32. The fourth-order valence-electron chi connectivity index (χ4n) is 1.50. The lowest BCUT2D eigenvalue weighted by Crippen LogP contribution is -1.96. The monoisotopic (exact) mass is 195 g/mol. The Morgan fingerprint density at radius 1 is 1.31 bits per heavy atom. The Morgan fingerprint density at radius 2 is 2.00 bits per heavy atom. The molecule has 0 nitrogen and oxygen atoms in total. The van der Waals surface area contributed by atoms with Gasteiger partial charge in [-0.15, -0.1) is 0 Å². The molecule has 0 aliphatic carbocycles. The first kappa shape index (κ1) is 10.6. The van der Waals surface area contributed by atoms with Gasteiger partial charge in [-0.05, 0) is 35.6 Å². The van der Waals surface area contributed by atoms with Crippen LogP contribution in [0.3, 0.4) is 0 Å². The SMILES string of the molecule is CCCc1ccc(Cl)cc1[C](C)C. The second-order valence-electron chi connectivity index (χ2n) is 3.55. The third-order valence-corrected chi connectivity index (χ3v) is 2.37. The highest BCUT2D eigenvalue weighted by Gasteiger charge is 2.06. The second-order valence-corrected chi connectivity index (χ2v) is 3.99. The standard InChI is InChI=1S/C12H16Cl/c1-4-5-10-6-7-11(13)8-12(10)9(2)3/h6-8H,4-5H2,1-3H3. The maximum atomic E-state index is 5.95. The molecule has 0 fully saturated rings. The zero-order valence-electron chi connectivity index (χ0n) is 8.52. The smallest absolute Gasteiger partial charge is 0.0409 e. The van der Waals surface area contributed by atoms with Gasteiger partial charge in [0, 0.05) is 5.02 Å². The molecule has 0 heterocycles. The van der Waals surface area contributed by atoms with Gasteiger partial charge in [-0.25, -0.2) is 0 Å². The van der Waals surface area contributed by atoms with Gasteiger partial charge in [0.05, 0.1) is 0 Å². The largest absolute Gasteiger partial charge is 0.0843 e. The summed E-state index contributed by atoms with van der Waals surface area (Å²) < 4.78 is 0. The van der Waals surface area contributed by atoms with Gasteiger partial charge in [0.2, 0.25) is 0 Å². The van der Waals surface area contributed by atoms with Gasteiger partial charge in [-0.1, -0.05) is 44.9 Å². The van der Waals surface area contributed by atoms with Crippen molar-refractivity contribution in [1.29, 1.82) is 0 Å². The Morgan fingerprint density at radius 3 is 2.54 bits per heavy atom. The summed E-state index contributed by atoms with van der Waals surface area (Å²) in [6.45, 7) is 6.46. The Hall–Kier alpha value is -0.490. The van der Waals surface area contributed by atoms with Crippen LogP contribution in [0.15, 0.2) is 18.2 Å². The van der Waals surface area contributed by atoms with E-state index in [0.717, 1.165) is 11.4 Å². The van der Waals surface area contributed by atoms with E-state index in [1.807, 2.05) is 6.07 Å². The molecule has 1 aromatic rings. The van der Waals surface area contributed by atoms with E-state index in [1.54, 1.807) is 0 Å². The van der Waals surface area contributed by atoms with Crippen molar-refractivity contribution >= 4 is 11.6 Å². The first-order chi connectivity index (χ1) is 6.15. The van der Waals surface area contributed by atoms with E-state index in [9.17, 15) is 0 Å². The molecule has 0 aliphatic rings. The highest BCUT2D eigenvalue weighted by Crippen LogP contribution is 2.23. The molecule has 0 N–H and O–H groups in total. The van der Waals surface area contributed by atoms with Crippen molar-refractivity contribution < 1.29 is 0 Å². The van der Waals surface area contributed by atoms with Crippen LogP contribution in [0, 0.1) is 5.92 Å². The van der Waals surface area contributed by atoms with Crippen LogP contribution in [0.5, 0.6) is 0 Å². The van der Waals surface area contributed by atoms with Gasteiger partial charge in [-0.2, -0.15) is 0 Å². The van der Waals surface area contributed by atoms with E-state index in [1.165, 1.54) is 23.5 Å². The zero-order chi connectivity index (χ0) is 9.84. The zero-order valence-corrected chi connectivity index (χ0v) is 9.28. The van der Waals surface area contributed by atoms with Crippen LogP contribution in [-0.2, 0) is 6.42 Å². The van der Waals surface area contributed by atoms with Crippen LogP contribution in [0.25, 0.3) is 0 Å². The minimum atomic E-state index is 0.830. The molecular weight excluding hydrogens is 180 g/mol. The van der Waals surface area contributed by atoms with Crippen LogP contribution in [0.1, 0.15) is 38.3 Å². The van der Waals surface area contributed by atoms with E-state index in [2.05, 4.69) is 32.9 Å². The number of benzene rings is 1. The predicted octanol–water partition coefficient (Wildman–Crippen LogP) is 4.25. The van der Waals surface area contributed by atoms with Crippen molar-refractivity contribution in [2.45, 2.75) is 33.6 Å². The third-order valence-electron chi connectivity index (χ3n) is 2.13. The summed E-state index contributed by atoms with van der Waals surface area (Å²) in [5.74, 6) is 1.34. The van der Waals surface area contributed by atoms with Crippen molar-refractivity contribution in [2.75, 3.05) is 0 Å². The highest BCUT2D eigenvalue weighted by molar-refractivity contribution is 6.30. The lowest BCUT2D eigenvalue weighted by Gasteiger charge is -2.11. The summed E-state index contributed by atoms with van der Waals surface area (Å²) in [4.78, 5) is 0. The Labute approximate surface area is 85.9 Å². The van der Waals surface area contributed by atoms with Crippen molar-refractivity contribution in [3.63, 3.8) is 0 Å². The number of rotatable bonds is 3. The number of halogens is 1. The van der Waals surface area contributed by atoms with Gasteiger partial charge < -0.3 is 0 Å². The molecule has 0 saturated heterocycles. The summed E-state index contributed by atoms with van der Waals surface area (Å²) in [6, 6.07) is 6.16. The van der Waals surface area contributed by atoms with E-state index in [4.69, 9.17) is 11.6 Å². The second kappa shape index (κ2) is 4.66. The van der Waals surface area contributed by atoms with Crippen molar-refractivity contribution in [3.05, 3.63) is 40.3 Å². The molecule has 1 radical (unpaired) electrons. The number of hydrogen-bond donors (Lipinski definition) is 0. The van der Waals surface area contributed by atoms with Gasteiger partial charge in [0.1, 0.15) is 0 Å². The molecule has 0 amide bonds. The first-order valence-electron chi connectivity index (χ1n) is 4.74. The van der Waals surface area contributed by atoms with Gasteiger partial charge in [-0.3, -0.25) is 0 Å². The van der Waals surface area contributed by atoms with Crippen LogP contribution in [-0.4, -0.2) is 0 Å². The van der Waals surface area contributed by atoms with Crippen molar-refractivity contribution in [3.8, 4) is 0 Å². The van der Waals surface area contributed by atoms with E-state index in [0.29, 0.717) is 0 Å². The molecule has 0 spiro atoms. The number of aryl methyl sites for hydroxylation is 1. The average Bonchev–Trinajstić information content (AvgIpc) is 2.08. The topological polar surface area (TPSA) is 0 Å². The van der Waals surface area contributed by atoms with Gasteiger partial charge >= 0.3 is 0 Å². The molecule has 0 aromatic heterocycles. The summed E-state index contributed by atoms with van der Waals surface area (Å²) in [5, 5.41) is 0.830. The maximum Gasteiger partial charge on any atom is 0.0409 e. The van der Waals surface area contributed by atoms with Crippen LogP contribution < -0.4 is 0 Å². The van der Waals surface area contributed by atoms with Crippen molar-refractivity contribution in [2.24, 2.45) is 0 Å². The Kier molecular flexibility index (Phi) is 3.80. The lowest BCUT2D eigenvalue weighted by atomic mass is 9.95. The third kappa shape index (κ3) is 2.73. The van der Waals surface area contributed by atoms with E-state index in [-0.39, 0.29) is 0 Å².